The molecule has 0 saturated heterocycles. The molecule has 1 N–H and O–H groups in total. The average molecular weight is 365 g/mol. The first-order chi connectivity index (χ1) is 9.18. The number of carbonyl (C=O) groups is 1. The predicted octanol–water partition coefficient (Wildman–Crippen LogP) is 4.04. The molecule has 0 aliphatic heterocycles. The summed E-state index contributed by atoms with van der Waals surface area (Å²) in [5.41, 5.74) is 2.15. The van der Waals surface area contributed by atoms with E-state index in [1.165, 1.54) is 0 Å². The molecule has 0 saturated carbocycles. The lowest BCUT2D eigenvalue weighted by atomic mass is 10.1. The summed E-state index contributed by atoms with van der Waals surface area (Å²) in [7, 11) is 0. The van der Waals surface area contributed by atoms with Gasteiger partial charge in [0, 0.05) is 0 Å². The first-order valence-corrected chi connectivity index (χ1v) is 7.47. The van der Waals surface area contributed by atoms with E-state index in [0.29, 0.717) is 0 Å². The fourth-order valence-corrected chi connectivity index (χ4v) is 2.48. The van der Waals surface area contributed by atoms with Crippen LogP contribution >= 0.6 is 22.6 Å². The lowest BCUT2D eigenvalue weighted by Crippen LogP contribution is -2.29. The topological polar surface area (TPSA) is 29.1 Å². The Hall–Kier alpha value is -1.36. The Morgan fingerprint density at radius 2 is 1.42 bits per heavy atom. The Labute approximate surface area is 127 Å². The highest BCUT2D eigenvalue weighted by Gasteiger charge is 2.18. The molecule has 0 radical (unpaired) electrons. The van der Waals surface area contributed by atoms with Crippen molar-refractivity contribution in [2.24, 2.45) is 0 Å². The first-order valence-electron chi connectivity index (χ1n) is 6.23. The summed E-state index contributed by atoms with van der Waals surface area (Å²) in [5.74, 6) is 0.0446. The molecule has 0 heterocycles. The molecular formula is C16H16INO. The van der Waals surface area contributed by atoms with Crippen LogP contribution in [0.1, 0.15) is 28.0 Å². The van der Waals surface area contributed by atoms with Gasteiger partial charge in [-0.15, -0.1) is 0 Å². The van der Waals surface area contributed by atoms with Crippen LogP contribution in [0.2, 0.25) is 0 Å². The fraction of sp³-hybridized carbons (Fsp3) is 0.188. The molecule has 0 aromatic heterocycles. The van der Waals surface area contributed by atoms with Gasteiger partial charge in [0.15, 0.2) is 0 Å². The number of benzene rings is 2. The highest BCUT2D eigenvalue weighted by Crippen LogP contribution is 2.24. The van der Waals surface area contributed by atoms with Gasteiger partial charge in [-0.2, -0.15) is 0 Å². The molecule has 0 bridgehead atoms. The molecule has 2 nitrogen and oxygen atoms in total. The lowest BCUT2D eigenvalue weighted by Gasteiger charge is -2.17. The second kappa shape index (κ2) is 6.70. The summed E-state index contributed by atoms with van der Waals surface area (Å²) in [5, 5.41) is 3.05. The molecule has 0 aliphatic carbocycles. The average Bonchev–Trinajstić information content (AvgIpc) is 2.48. The van der Waals surface area contributed by atoms with Crippen LogP contribution in [0.4, 0.5) is 0 Å². The van der Waals surface area contributed by atoms with E-state index in [1.54, 1.807) is 0 Å². The quantitative estimate of drug-likeness (QED) is 0.643. The van der Waals surface area contributed by atoms with E-state index in [4.69, 9.17) is 0 Å². The van der Waals surface area contributed by atoms with Crippen molar-refractivity contribution < 1.29 is 4.79 Å². The van der Waals surface area contributed by atoms with E-state index < -0.39 is 0 Å². The van der Waals surface area contributed by atoms with Gasteiger partial charge in [0.1, 0.15) is 3.92 Å². The highest BCUT2D eigenvalue weighted by atomic mass is 127. The van der Waals surface area contributed by atoms with Crippen LogP contribution in [0.5, 0.6) is 0 Å². The van der Waals surface area contributed by atoms with Crippen molar-refractivity contribution in [2.75, 3.05) is 0 Å². The van der Waals surface area contributed by atoms with Crippen LogP contribution in [0.3, 0.4) is 0 Å². The Kier molecular flexibility index (Phi) is 4.96. The summed E-state index contributed by atoms with van der Waals surface area (Å²) in [4.78, 5) is 12.2. The third-order valence-corrected chi connectivity index (χ3v) is 4.27. The van der Waals surface area contributed by atoms with E-state index >= 15 is 0 Å². The van der Waals surface area contributed by atoms with Gasteiger partial charge in [-0.1, -0.05) is 83.3 Å². The summed E-state index contributed by atoms with van der Waals surface area (Å²) < 4.78 is -0.162. The Morgan fingerprint density at radius 1 is 0.947 bits per heavy atom. The molecule has 2 aromatic carbocycles. The van der Waals surface area contributed by atoms with Crippen molar-refractivity contribution in [3.05, 3.63) is 71.8 Å². The summed E-state index contributed by atoms with van der Waals surface area (Å²) in [6.07, 6.45) is 0. The van der Waals surface area contributed by atoms with Crippen LogP contribution in [0, 0.1) is 0 Å². The number of alkyl halides is 1. The van der Waals surface area contributed by atoms with Crippen molar-refractivity contribution in [1.29, 1.82) is 0 Å². The number of nitrogens with one attached hydrogen (secondary N) is 1. The number of carbonyl (C=O) groups excluding carboxylic acids is 1. The molecule has 0 aliphatic rings. The molecule has 98 valence electrons. The van der Waals surface area contributed by atoms with Crippen molar-refractivity contribution in [2.45, 2.75) is 16.9 Å². The van der Waals surface area contributed by atoms with Gasteiger partial charge >= 0.3 is 0 Å². The molecule has 0 fully saturated rings. The lowest BCUT2D eigenvalue weighted by molar-refractivity contribution is -0.120. The van der Waals surface area contributed by atoms with Gasteiger partial charge in [0.25, 0.3) is 0 Å². The van der Waals surface area contributed by atoms with E-state index in [2.05, 4.69) is 27.9 Å². The molecule has 19 heavy (non-hydrogen) atoms. The number of halogens is 1. The Morgan fingerprint density at radius 3 is 1.95 bits per heavy atom. The summed E-state index contributed by atoms with van der Waals surface area (Å²) in [6.45, 7) is 2.00. The van der Waals surface area contributed by atoms with Crippen molar-refractivity contribution in [1.82, 2.24) is 5.32 Å². The van der Waals surface area contributed by atoms with Crippen LogP contribution < -0.4 is 5.32 Å². The minimum Gasteiger partial charge on any atom is -0.348 e. The second-order valence-corrected chi connectivity index (χ2v) is 5.66. The number of hydrogen-bond donors (Lipinski definition) is 1. The normalized spacial score (nSPS) is 13.6. The maximum Gasteiger partial charge on any atom is 0.237 e. The van der Waals surface area contributed by atoms with Gasteiger partial charge in [0.2, 0.25) is 5.91 Å². The molecule has 2 unspecified atom stereocenters. The third-order valence-electron chi connectivity index (χ3n) is 2.98. The van der Waals surface area contributed by atoms with Gasteiger partial charge in [-0.25, -0.2) is 0 Å². The predicted molar refractivity (Wildman–Crippen MR) is 86.2 cm³/mol. The zero-order valence-electron chi connectivity index (χ0n) is 10.7. The van der Waals surface area contributed by atoms with Gasteiger partial charge < -0.3 is 5.32 Å². The van der Waals surface area contributed by atoms with E-state index in [0.717, 1.165) is 11.1 Å². The number of hydrogen-bond acceptors (Lipinski definition) is 1. The standard InChI is InChI=1S/C16H16INO/c1-12(13-8-4-2-5-9-13)18-16(19)15(17)14-10-6-3-7-11-14/h2-12,15H,1H3,(H,18,19). The minimum absolute atomic E-state index is 0.0229. The molecule has 2 atom stereocenters. The van der Waals surface area contributed by atoms with Crippen molar-refractivity contribution in [3.63, 3.8) is 0 Å². The molecule has 2 aromatic rings. The number of amides is 1. The number of rotatable bonds is 4. The van der Waals surface area contributed by atoms with Crippen LogP contribution in [0.25, 0.3) is 0 Å². The molecule has 3 heteroatoms. The molecule has 1 amide bonds. The second-order valence-electron chi connectivity index (χ2n) is 4.41. The largest absolute Gasteiger partial charge is 0.348 e. The maximum atomic E-state index is 12.2. The summed E-state index contributed by atoms with van der Waals surface area (Å²) >= 11 is 2.17. The maximum absolute atomic E-state index is 12.2. The zero-order valence-corrected chi connectivity index (χ0v) is 12.9. The first kappa shape index (κ1) is 14.1. The van der Waals surface area contributed by atoms with Crippen LogP contribution in [-0.2, 0) is 4.79 Å². The van der Waals surface area contributed by atoms with Gasteiger partial charge in [-0.3, -0.25) is 4.79 Å². The molecular weight excluding hydrogens is 349 g/mol. The SMILES string of the molecule is CC(NC(=O)C(I)c1ccccc1)c1ccccc1. The third kappa shape index (κ3) is 3.80. The van der Waals surface area contributed by atoms with E-state index in [1.807, 2.05) is 67.6 Å². The zero-order chi connectivity index (χ0) is 13.7. The van der Waals surface area contributed by atoms with E-state index in [9.17, 15) is 4.79 Å². The van der Waals surface area contributed by atoms with Gasteiger partial charge in [0.05, 0.1) is 6.04 Å². The molecule has 2 rings (SSSR count). The minimum atomic E-state index is -0.162. The fourth-order valence-electron chi connectivity index (χ4n) is 1.88. The van der Waals surface area contributed by atoms with Crippen molar-refractivity contribution >= 4 is 28.5 Å². The Balaban J connectivity index is 2.02. The van der Waals surface area contributed by atoms with E-state index in [-0.39, 0.29) is 15.9 Å². The highest BCUT2D eigenvalue weighted by molar-refractivity contribution is 14.1. The van der Waals surface area contributed by atoms with Crippen LogP contribution in [0.15, 0.2) is 60.7 Å². The molecule has 0 spiro atoms. The summed E-state index contributed by atoms with van der Waals surface area (Å²) in [6, 6.07) is 19.8. The van der Waals surface area contributed by atoms with Crippen molar-refractivity contribution in [3.8, 4) is 0 Å². The van der Waals surface area contributed by atoms with Crippen LogP contribution in [-0.4, -0.2) is 5.91 Å². The Bertz CT molecular complexity index is 527. The monoisotopic (exact) mass is 365 g/mol. The van der Waals surface area contributed by atoms with Gasteiger partial charge in [-0.05, 0) is 18.1 Å². The smallest absolute Gasteiger partial charge is 0.237 e.